The van der Waals surface area contributed by atoms with Gasteiger partial charge in [-0.25, -0.2) is 23.1 Å². The van der Waals surface area contributed by atoms with Crippen LogP contribution in [0.25, 0.3) is 11.4 Å². The fourth-order valence-electron chi connectivity index (χ4n) is 3.01. The summed E-state index contributed by atoms with van der Waals surface area (Å²) in [6.07, 6.45) is 5.43. The standard InChI is InChI=1S/C17H22N4O2S/c1-21(2)15-9-8-14(10-15)20-24(22,23)16-11-18-17(19-12-16)13-6-4-3-5-7-13/h3-7,11-12,14-15,20H,8-10H2,1-2H3. The predicted molar refractivity (Wildman–Crippen MR) is 92.9 cm³/mol. The van der Waals surface area contributed by atoms with Crippen LogP contribution in [0.4, 0.5) is 0 Å². The van der Waals surface area contributed by atoms with E-state index in [0.29, 0.717) is 11.9 Å². The van der Waals surface area contributed by atoms with E-state index in [2.05, 4.69) is 19.6 Å². The molecule has 2 aromatic rings. The summed E-state index contributed by atoms with van der Waals surface area (Å²) in [5.41, 5.74) is 0.860. The molecule has 1 aromatic carbocycles. The Morgan fingerprint density at radius 2 is 1.75 bits per heavy atom. The Morgan fingerprint density at radius 3 is 2.33 bits per heavy atom. The second-order valence-electron chi connectivity index (χ2n) is 6.36. The molecule has 1 N–H and O–H groups in total. The summed E-state index contributed by atoms with van der Waals surface area (Å²) in [7, 11) is 0.466. The van der Waals surface area contributed by atoms with Gasteiger partial charge in [-0.3, -0.25) is 0 Å². The average molecular weight is 346 g/mol. The third-order valence-corrected chi connectivity index (χ3v) is 5.90. The maximum atomic E-state index is 12.5. The molecule has 7 heteroatoms. The molecular weight excluding hydrogens is 324 g/mol. The van der Waals surface area contributed by atoms with E-state index in [-0.39, 0.29) is 10.9 Å². The van der Waals surface area contributed by atoms with E-state index in [4.69, 9.17) is 0 Å². The Balaban J connectivity index is 1.71. The van der Waals surface area contributed by atoms with E-state index < -0.39 is 10.0 Å². The summed E-state index contributed by atoms with van der Waals surface area (Å²) in [4.78, 5) is 10.6. The zero-order chi connectivity index (χ0) is 17.2. The fraction of sp³-hybridized carbons (Fsp3) is 0.412. The second kappa shape index (κ2) is 6.96. The fourth-order valence-corrected chi connectivity index (χ4v) is 4.18. The number of hydrogen-bond donors (Lipinski definition) is 1. The highest BCUT2D eigenvalue weighted by Gasteiger charge is 2.29. The van der Waals surface area contributed by atoms with Crippen molar-refractivity contribution in [1.82, 2.24) is 19.6 Å². The van der Waals surface area contributed by atoms with Gasteiger partial charge in [-0.2, -0.15) is 0 Å². The molecule has 1 aromatic heterocycles. The van der Waals surface area contributed by atoms with E-state index in [9.17, 15) is 8.42 Å². The summed E-state index contributed by atoms with van der Waals surface area (Å²) in [5.74, 6) is 0.517. The quantitative estimate of drug-likeness (QED) is 0.895. The van der Waals surface area contributed by atoms with Gasteiger partial charge in [0.05, 0.1) is 12.4 Å². The average Bonchev–Trinajstić information content (AvgIpc) is 3.04. The molecule has 0 bridgehead atoms. The van der Waals surface area contributed by atoms with Crippen LogP contribution in [0.15, 0.2) is 47.6 Å². The van der Waals surface area contributed by atoms with Gasteiger partial charge in [0.1, 0.15) is 4.90 Å². The van der Waals surface area contributed by atoms with Gasteiger partial charge < -0.3 is 4.90 Å². The minimum atomic E-state index is -3.59. The van der Waals surface area contributed by atoms with E-state index in [1.54, 1.807) is 0 Å². The normalized spacial score (nSPS) is 21.3. The Bertz CT molecular complexity index is 776. The first-order valence-electron chi connectivity index (χ1n) is 8.02. The van der Waals surface area contributed by atoms with Crippen molar-refractivity contribution in [3.63, 3.8) is 0 Å². The molecule has 0 radical (unpaired) electrons. The Hall–Kier alpha value is -1.83. The molecule has 128 valence electrons. The molecule has 1 saturated carbocycles. The largest absolute Gasteiger partial charge is 0.306 e. The van der Waals surface area contributed by atoms with Crippen molar-refractivity contribution in [1.29, 1.82) is 0 Å². The SMILES string of the molecule is CN(C)C1CCC(NS(=O)(=O)c2cnc(-c3ccccc3)nc2)C1. The van der Waals surface area contributed by atoms with Gasteiger partial charge in [-0.15, -0.1) is 0 Å². The van der Waals surface area contributed by atoms with Crippen molar-refractivity contribution in [2.75, 3.05) is 14.1 Å². The number of hydrogen-bond acceptors (Lipinski definition) is 5. The molecule has 6 nitrogen and oxygen atoms in total. The number of nitrogens with one attached hydrogen (secondary N) is 1. The van der Waals surface area contributed by atoms with Crippen molar-refractivity contribution in [3.05, 3.63) is 42.7 Å². The summed E-state index contributed by atoms with van der Waals surface area (Å²) in [6, 6.07) is 9.88. The molecule has 1 aliphatic rings. The van der Waals surface area contributed by atoms with Gasteiger partial charge in [-0.05, 0) is 33.4 Å². The van der Waals surface area contributed by atoms with Crippen molar-refractivity contribution in [3.8, 4) is 11.4 Å². The first-order valence-corrected chi connectivity index (χ1v) is 9.50. The number of benzene rings is 1. The number of aromatic nitrogens is 2. The maximum Gasteiger partial charge on any atom is 0.243 e. The van der Waals surface area contributed by atoms with Crippen LogP contribution in [0.1, 0.15) is 19.3 Å². The molecule has 0 aliphatic heterocycles. The number of sulfonamides is 1. The molecule has 1 aliphatic carbocycles. The highest BCUT2D eigenvalue weighted by atomic mass is 32.2. The molecule has 0 amide bonds. The first-order chi connectivity index (χ1) is 11.5. The van der Waals surface area contributed by atoms with E-state index in [0.717, 1.165) is 24.8 Å². The highest BCUT2D eigenvalue weighted by Crippen LogP contribution is 2.24. The summed E-state index contributed by atoms with van der Waals surface area (Å²) < 4.78 is 27.8. The lowest BCUT2D eigenvalue weighted by atomic mass is 10.2. The number of rotatable bonds is 5. The lowest BCUT2D eigenvalue weighted by Gasteiger charge is -2.19. The number of nitrogens with zero attached hydrogens (tertiary/aromatic N) is 3. The maximum absolute atomic E-state index is 12.5. The van der Waals surface area contributed by atoms with Crippen LogP contribution in [0.3, 0.4) is 0 Å². The summed E-state index contributed by atoms with van der Waals surface area (Å²) in [6.45, 7) is 0. The van der Waals surface area contributed by atoms with E-state index in [1.807, 2.05) is 44.4 Å². The topological polar surface area (TPSA) is 75.2 Å². The van der Waals surface area contributed by atoms with E-state index >= 15 is 0 Å². The first kappa shape index (κ1) is 17.0. The summed E-state index contributed by atoms with van der Waals surface area (Å²) in [5, 5.41) is 0. The van der Waals surface area contributed by atoms with Gasteiger partial charge >= 0.3 is 0 Å². The van der Waals surface area contributed by atoms with Crippen molar-refractivity contribution in [2.45, 2.75) is 36.2 Å². The molecule has 2 unspecified atom stereocenters. The highest BCUT2D eigenvalue weighted by molar-refractivity contribution is 7.89. The van der Waals surface area contributed by atoms with Gasteiger partial charge in [-0.1, -0.05) is 30.3 Å². The Kier molecular flexibility index (Phi) is 4.93. The van der Waals surface area contributed by atoms with Crippen LogP contribution in [-0.4, -0.2) is 49.5 Å². The van der Waals surface area contributed by atoms with Gasteiger partial charge in [0.15, 0.2) is 5.82 Å². The Morgan fingerprint density at radius 1 is 1.08 bits per heavy atom. The van der Waals surface area contributed by atoms with Crippen LogP contribution in [-0.2, 0) is 10.0 Å². The van der Waals surface area contributed by atoms with Crippen LogP contribution >= 0.6 is 0 Å². The van der Waals surface area contributed by atoms with Crippen LogP contribution in [0.5, 0.6) is 0 Å². The third-order valence-electron chi connectivity index (χ3n) is 4.43. The molecule has 0 spiro atoms. The van der Waals surface area contributed by atoms with E-state index in [1.165, 1.54) is 12.4 Å². The monoisotopic (exact) mass is 346 g/mol. The molecule has 24 heavy (non-hydrogen) atoms. The minimum absolute atomic E-state index is 0.0313. The third kappa shape index (κ3) is 3.80. The minimum Gasteiger partial charge on any atom is -0.306 e. The van der Waals surface area contributed by atoms with Crippen LogP contribution in [0, 0.1) is 0 Å². The van der Waals surface area contributed by atoms with Crippen LogP contribution < -0.4 is 4.72 Å². The smallest absolute Gasteiger partial charge is 0.243 e. The predicted octanol–water partition coefficient (Wildman–Crippen LogP) is 1.90. The zero-order valence-corrected chi connectivity index (χ0v) is 14.7. The van der Waals surface area contributed by atoms with Crippen molar-refractivity contribution < 1.29 is 8.42 Å². The summed E-state index contributed by atoms with van der Waals surface area (Å²) >= 11 is 0. The molecule has 2 atom stereocenters. The molecule has 1 heterocycles. The van der Waals surface area contributed by atoms with Crippen molar-refractivity contribution >= 4 is 10.0 Å². The van der Waals surface area contributed by atoms with Gasteiger partial charge in [0.25, 0.3) is 0 Å². The molecule has 0 saturated heterocycles. The lowest BCUT2D eigenvalue weighted by Crippen LogP contribution is -2.35. The second-order valence-corrected chi connectivity index (χ2v) is 8.07. The van der Waals surface area contributed by atoms with Crippen molar-refractivity contribution in [2.24, 2.45) is 0 Å². The Labute approximate surface area is 143 Å². The van der Waals surface area contributed by atoms with Gasteiger partial charge in [0, 0.05) is 17.6 Å². The lowest BCUT2D eigenvalue weighted by molar-refractivity contribution is 0.295. The molecular formula is C17H22N4O2S. The van der Waals surface area contributed by atoms with Gasteiger partial charge in [0.2, 0.25) is 10.0 Å². The van der Waals surface area contributed by atoms with Crippen LogP contribution in [0.2, 0.25) is 0 Å². The molecule has 1 fully saturated rings. The molecule has 3 rings (SSSR count). The zero-order valence-electron chi connectivity index (χ0n) is 13.9.